The number of benzene rings is 3. The molecule has 8 nitrogen and oxygen atoms in total. The van der Waals surface area contributed by atoms with Crippen LogP contribution >= 0.6 is 22.6 Å². The van der Waals surface area contributed by atoms with Gasteiger partial charge in [0.1, 0.15) is 17.9 Å². The number of rotatable bonds is 8. The number of ether oxygens (including phenoxy) is 3. The highest BCUT2D eigenvalue weighted by atomic mass is 127. The summed E-state index contributed by atoms with van der Waals surface area (Å²) in [4.78, 5) is 39.4. The molecule has 9 heteroatoms. The van der Waals surface area contributed by atoms with Crippen molar-refractivity contribution in [1.29, 1.82) is 0 Å². The molecule has 3 aromatic rings. The lowest BCUT2D eigenvalue weighted by Crippen LogP contribution is -2.54. The van der Waals surface area contributed by atoms with Crippen molar-refractivity contribution >= 4 is 52.2 Å². The molecular formula is C28H25IN2O6. The zero-order valence-corrected chi connectivity index (χ0v) is 22.7. The number of imide groups is 2. The van der Waals surface area contributed by atoms with Gasteiger partial charge >= 0.3 is 6.03 Å². The molecule has 0 aromatic heterocycles. The number of barbiturate groups is 1. The molecule has 0 saturated carbocycles. The Morgan fingerprint density at radius 2 is 1.68 bits per heavy atom. The molecule has 3 aromatic carbocycles. The first-order chi connectivity index (χ1) is 17.8. The zero-order valence-electron chi connectivity index (χ0n) is 20.5. The van der Waals surface area contributed by atoms with Gasteiger partial charge in [-0.1, -0.05) is 29.8 Å². The Kier molecular flexibility index (Phi) is 8.12. The average Bonchev–Trinajstić information content (AvgIpc) is 2.87. The summed E-state index contributed by atoms with van der Waals surface area (Å²) >= 11 is 2.09. The summed E-state index contributed by atoms with van der Waals surface area (Å²) in [6.07, 6.45) is 1.43. The van der Waals surface area contributed by atoms with Gasteiger partial charge < -0.3 is 14.2 Å². The molecule has 1 saturated heterocycles. The fraction of sp³-hybridized carbons (Fsp3) is 0.179. The first-order valence-corrected chi connectivity index (χ1v) is 12.6. The van der Waals surface area contributed by atoms with Crippen LogP contribution in [0.15, 0.2) is 66.2 Å². The summed E-state index contributed by atoms with van der Waals surface area (Å²) in [5.74, 6) is 0.128. The Balaban J connectivity index is 1.56. The van der Waals surface area contributed by atoms with Crippen LogP contribution in [0.2, 0.25) is 0 Å². The number of amides is 4. The van der Waals surface area contributed by atoms with Crippen LogP contribution in [0.25, 0.3) is 6.08 Å². The van der Waals surface area contributed by atoms with E-state index in [9.17, 15) is 14.4 Å². The van der Waals surface area contributed by atoms with Gasteiger partial charge in [-0.05, 0) is 90.0 Å². The van der Waals surface area contributed by atoms with Gasteiger partial charge in [-0.3, -0.25) is 14.9 Å². The van der Waals surface area contributed by atoms with Gasteiger partial charge in [0.2, 0.25) is 0 Å². The molecule has 37 heavy (non-hydrogen) atoms. The predicted molar refractivity (Wildman–Crippen MR) is 148 cm³/mol. The second-order valence-corrected chi connectivity index (χ2v) is 9.36. The Morgan fingerprint density at radius 3 is 2.32 bits per heavy atom. The monoisotopic (exact) mass is 612 g/mol. The standard InChI is InChI=1S/C28H25IN2O6/c1-4-36-24-15-19(14-23(29)25(24)35-3)13-22-26(32)30-28(34)31(27(22)33)20-9-11-21(12-10-20)37-16-18-7-5-17(2)6-8-18/h5-15H,4,16H2,1-3H3,(H,30,32,34)/b22-13+. The lowest BCUT2D eigenvalue weighted by atomic mass is 10.1. The highest BCUT2D eigenvalue weighted by Crippen LogP contribution is 2.35. The van der Waals surface area contributed by atoms with Gasteiger partial charge in [-0.2, -0.15) is 0 Å². The highest BCUT2D eigenvalue weighted by Gasteiger charge is 2.37. The topological polar surface area (TPSA) is 94.2 Å². The number of halogens is 1. The molecule has 0 spiro atoms. The van der Waals surface area contributed by atoms with E-state index in [1.54, 1.807) is 43.5 Å². The molecule has 1 aliphatic heterocycles. The second-order valence-electron chi connectivity index (χ2n) is 8.19. The van der Waals surface area contributed by atoms with Crippen molar-refractivity contribution in [2.45, 2.75) is 20.5 Å². The quantitative estimate of drug-likeness (QED) is 0.212. The number of hydrogen-bond donors (Lipinski definition) is 1. The summed E-state index contributed by atoms with van der Waals surface area (Å²) in [6, 6.07) is 17.2. The van der Waals surface area contributed by atoms with Crippen LogP contribution in [0.4, 0.5) is 10.5 Å². The minimum atomic E-state index is -0.820. The molecule has 4 amide bonds. The fourth-order valence-electron chi connectivity index (χ4n) is 3.73. The summed E-state index contributed by atoms with van der Waals surface area (Å²) in [7, 11) is 1.54. The van der Waals surface area contributed by atoms with Gasteiger partial charge in [0, 0.05) is 0 Å². The maximum atomic E-state index is 13.3. The first kappa shape index (κ1) is 26.2. The van der Waals surface area contributed by atoms with E-state index in [0.29, 0.717) is 41.7 Å². The third-order valence-corrected chi connectivity index (χ3v) is 6.37. The van der Waals surface area contributed by atoms with Crippen LogP contribution in [-0.4, -0.2) is 31.6 Å². The summed E-state index contributed by atoms with van der Waals surface area (Å²) in [6.45, 7) is 4.66. The van der Waals surface area contributed by atoms with Crippen LogP contribution in [0.3, 0.4) is 0 Å². The van der Waals surface area contributed by atoms with Crippen LogP contribution < -0.4 is 24.4 Å². The Labute approximate surface area is 228 Å². The SMILES string of the molecule is CCOc1cc(/C=C2\C(=O)NC(=O)N(c3ccc(OCc4ccc(C)cc4)cc3)C2=O)cc(I)c1OC. The number of aryl methyl sites for hydroxylation is 1. The number of anilines is 1. The van der Waals surface area contributed by atoms with Crippen LogP contribution in [-0.2, 0) is 16.2 Å². The maximum Gasteiger partial charge on any atom is 0.335 e. The Morgan fingerprint density at radius 1 is 0.973 bits per heavy atom. The summed E-state index contributed by atoms with van der Waals surface area (Å²) < 4.78 is 17.6. The van der Waals surface area contributed by atoms with Gasteiger partial charge in [-0.25, -0.2) is 9.69 Å². The molecule has 0 radical (unpaired) electrons. The van der Waals surface area contributed by atoms with Gasteiger partial charge in [0.05, 0.1) is 23.0 Å². The number of nitrogens with zero attached hydrogens (tertiary/aromatic N) is 1. The molecule has 1 aliphatic rings. The van der Waals surface area contributed by atoms with Crippen molar-refractivity contribution in [1.82, 2.24) is 5.32 Å². The molecule has 1 N–H and O–H groups in total. The van der Waals surface area contributed by atoms with Crippen molar-refractivity contribution in [3.63, 3.8) is 0 Å². The molecule has 190 valence electrons. The predicted octanol–water partition coefficient (Wildman–Crippen LogP) is 5.25. The Hall–Kier alpha value is -3.86. The first-order valence-electron chi connectivity index (χ1n) is 11.5. The smallest absolute Gasteiger partial charge is 0.335 e. The molecular weight excluding hydrogens is 587 g/mol. The highest BCUT2D eigenvalue weighted by molar-refractivity contribution is 14.1. The molecule has 1 fully saturated rings. The second kappa shape index (κ2) is 11.5. The minimum Gasteiger partial charge on any atom is -0.492 e. The molecule has 0 aliphatic carbocycles. The van der Waals surface area contributed by atoms with E-state index < -0.39 is 17.8 Å². The summed E-state index contributed by atoms with van der Waals surface area (Å²) in [5.41, 5.74) is 2.88. The van der Waals surface area contributed by atoms with Crippen LogP contribution in [0.5, 0.6) is 17.2 Å². The molecule has 0 atom stereocenters. The van der Waals surface area contributed by atoms with Crippen molar-refractivity contribution in [2.24, 2.45) is 0 Å². The number of hydrogen-bond acceptors (Lipinski definition) is 6. The lowest BCUT2D eigenvalue weighted by molar-refractivity contribution is -0.122. The number of urea groups is 1. The number of methoxy groups -OCH3 is 1. The Bertz CT molecular complexity index is 1370. The zero-order chi connectivity index (χ0) is 26.5. The van der Waals surface area contributed by atoms with E-state index in [1.165, 1.54) is 11.6 Å². The van der Waals surface area contributed by atoms with Crippen LogP contribution in [0, 0.1) is 10.5 Å². The number of carbonyl (C=O) groups excluding carboxylic acids is 3. The third-order valence-electron chi connectivity index (χ3n) is 5.57. The van der Waals surface area contributed by atoms with E-state index in [4.69, 9.17) is 14.2 Å². The number of nitrogens with one attached hydrogen (secondary N) is 1. The molecule has 4 rings (SSSR count). The van der Waals surface area contributed by atoms with Crippen molar-refractivity contribution in [3.05, 3.63) is 86.5 Å². The summed E-state index contributed by atoms with van der Waals surface area (Å²) in [5, 5.41) is 2.24. The van der Waals surface area contributed by atoms with Crippen LogP contribution in [0.1, 0.15) is 23.6 Å². The van der Waals surface area contributed by atoms with E-state index in [0.717, 1.165) is 14.0 Å². The van der Waals surface area contributed by atoms with Crippen molar-refractivity contribution in [2.75, 3.05) is 18.6 Å². The van der Waals surface area contributed by atoms with E-state index in [1.807, 2.05) is 38.1 Å². The van der Waals surface area contributed by atoms with Gasteiger partial charge in [0.25, 0.3) is 11.8 Å². The normalized spacial score (nSPS) is 14.5. The van der Waals surface area contributed by atoms with Crippen molar-refractivity contribution in [3.8, 4) is 17.2 Å². The fourth-order valence-corrected chi connectivity index (χ4v) is 4.58. The van der Waals surface area contributed by atoms with E-state index in [2.05, 4.69) is 27.9 Å². The van der Waals surface area contributed by atoms with Gasteiger partial charge in [-0.15, -0.1) is 0 Å². The van der Waals surface area contributed by atoms with Gasteiger partial charge in [0.15, 0.2) is 11.5 Å². The molecule has 1 heterocycles. The maximum absolute atomic E-state index is 13.3. The molecule has 0 bridgehead atoms. The molecule has 0 unspecified atom stereocenters. The van der Waals surface area contributed by atoms with E-state index >= 15 is 0 Å². The third kappa shape index (κ3) is 5.93. The number of carbonyl (C=O) groups is 3. The van der Waals surface area contributed by atoms with Crippen molar-refractivity contribution < 1.29 is 28.6 Å². The lowest BCUT2D eigenvalue weighted by Gasteiger charge is -2.26. The van der Waals surface area contributed by atoms with E-state index in [-0.39, 0.29) is 5.57 Å². The minimum absolute atomic E-state index is 0.178. The average molecular weight is 612 g/mol. The largest absolute Gasteiger partial charge is 0.492 e.